The average molecular weight is 328 g/mol. The van der Waals surface area contributed by atoms with E-state index in [1.807, 2.05) is 0 Å². The van der Waals surface area contributed by atoms with Crippen LogP contribution in [0.25, 0.3) is 11.5 Å². The average Bonchev–Trinajstić information content (AvgIpc) is 3.04. The summed E-state index contributed by atoms with van der Waals surface area (Å²) in [4.78, 5) is 18.1. The molecule has 1 saturated heterocycles. The summed E-state index contributed by atoms with van der Waals surface area (Å²) < 4.78 is 0. The summed E-state index contributed by atoms with van der Waals surface area (Å²) in [5.74, 6) is 2.28. The first-order chi connectivity index (χ1) is 11.3. The van der Waals surface area contributed by atoms with Crippen molar-refractivity contribution in [2.24, 2.45) is 5.92 Å². The fourth-order valence-corrected chi connectivity index (χ4v) is 3.49. The van der Waals surface area contributed by atoms with E-state index in [9.17, 15) is 0 Å². The number of hydrogen-bond donors (Lipinski definition) is 1. The normalized spacial score (nSPS) is 16.1. The number of piperidine rings is 1. The van der Waals surface area contributed by atoms with Crippen LogP contribution in [0.15, 0.2) is 36.7 Å². The molecule has 0 amide bonds. The van der Waals surface area contributed by atoms with Gasteiger partial charge in [-0.05, 0) is 42.3 Å². The molecule has 0 aliphatic carbocycles. The number of aromatic nitrogens is 4. The molecular formula is C17H18ClN5. The van der Waals surface area contributed by atoms with Gasteiger partial charge in [-0.3, -0.25) is 0 Å². The molecule has 5 nitrogen and oxygen atoms in total. The van der Waals surface area contributed by atoms with Gasteiger partial charge in [-0.2, -0.15) is 4.98 Å². The van der Waals surface area contributed by atoms with Crippen molar-refractivity contribution in [3.05, 3.63) is 47.5 Å². The second kappa shape index (κ2) is 6.16. The fraction of sp³-hybridized carbons (Fsp3) is 0.353. The van der Waals surface area contributed by atoms with Gasteiger partial charge in [0.25, 0.3) is 0 Å². The Labute approximate surface area is 140 Å². The zero-order chi connectivity index (χ0) is 15.6. The monoisotopic (exact) mass is 327 g/mol. The van der Waals surface area contributed by atoms with Crippen molar-refractivity contribution in [2.75, 3.05) is 18.0 Å². The summed E-state index contributed by atoms with van der Waals surface area (Å²) in [5, 5.41) is 0.361. The number of halogens is 1. The van der Waals surface area contributed by atoms with Gasteiger partial charge in [0.2, 0.25) is 5.28 Å². The number of benzene rings is 1. The van der Waals surface area contributed by atoms with Gasteiger partial charge in [-0.25, -0.2) is 9.97 Å². The Morgan fingerprint density at radius 1 is 1.13 bits per heavy atom. The second-order valence-corrected chi connectivity index (χ2v) is 6.40. The van der Waals surface area contributed by atoms with Crippen LogP contribution in [0.2, 0.25) is 5.28 Å². The third-order valence-corrected chi connectivity index (χ3v) is 4.71. The SMILES string of the molecule is Clc1nc2ncnc-2c(N2CCC(Cc3ccccc3)CC2)[nH]1. The first kappa shape index (κ1) is 14.5. The highest BCUT2D eigenvalue weighted by Gasteiger charge is 2.25. The van der Waals surface area contributed by atoms with Crippen LogP contribution in [0.4, 0.5) is 5.82 Å². The predicted molar refractivity (Wildman–Crippen MR) is 90.9 cm³/mol. The molecule has 0 atom stereocenters. The van der Waals surface area contributed by atoms with E-state index in [4.69, 9.17) is 11.6 Å². The Morgan fingerprint density at radius 2 is 1.91 bits per heavy atom. The van der Waals surface area contributed by atoms with E-state index in [0.29, 0.717) is 11.1 Å². The van der Waals surface area contributed by atoms with Gasteiger partial charge in [0.1, 0.15) is 12.1 Å². The van der Waals surface area contributed by atoms with Gasteiger partial charge in [0.05, 0.1) is 0 Å². The van der Waals surface area contributed by atoms with Gasteiger partial charge in [0.15, 0.2) is 11.5 Å². The topological polar surface area (TPSA) is 57.7 Å². The van der Waals surface area contributed by atoms with Gasteiger partial charge in [-0.1, -0.05) is 30.3 Å². The van der Waals surface area contributed by atoms with Crippen molar-refractivity contribution in [1.82, 2.24) is 19.9 Å². The Kier molecular flexibility index (Phi) is 3.87. The van der Waals surface area contributed by atoms with Crippen molar-refractivity contribution >= 4 is 17.4 Å². The number of imidazole rings is 1. The molecule has 1 aromatic carbocycles. The summed E-state index contributed by atoms with van der Waals surface area (Å²) in [6.45, 7) is 1.99. The number of H-pyrrole nitrogens is 1. The molecule has 4 rings (SSSR count). The molecule has 6 heteroatoms. The number of hydrogen-bond acceptors (Lipinski definition) is 4. The van der Waals surface area contributed by atoms with E-state index in [2.05, 4.69) is 55.2 Å². The fourth-order valence-electron chi connectivity index (χ4n) is 3.32. The van der Waals surface area contributed by atoms with E-state index < -0.39 is 0 Å². The van der Waals surface area contributed by atoms with Gasteiger partial charge in [0, 0.05) is 13.1 Å². The van der Waals surface area contributed by atoms with Crippen LogP contribution in [-0.4, -0.2) is 33.0 Å². The van der Waals surface area contributed by atoms with Gasteiger partial charge in [-0.15, -0.1) is 0 Å². The molecule has 0 unspecified atom stereocenters. The minimum absolute atomic E-state index is 0.361. The lowest BCUT2D eigenvalue weighted by Crippen LogP contribution is -2.35. The highest BCUT2D eigenvalue weighted by atomic mass is 35.5. The Bertz CT molecular complexity index is 749. The largest absolute Gasteiger partial charge is 0.356 e. The van der Waals surface area contributed by atoms with Crippen molar-refractivity contribution in [3.63, 3.8) is 0 Å². The van der Waals surface area contributed by atoms with Crippen LogP contribution in [0.3, 0.4) is 0 Å². The Hall–Kier alpha value is -2.14. The van der Waals surface area contributed by atoms with Gasteiger partial charge < -0.3 is 9.88 Å². The maximum atomic E-state index is 6.07. The molecule has 118 valence electrons. The highest BCUT2D eigenvalue weighted by Crippen LogP contribution is 2.31. The van der Waals surface area contributed by atoms with Crippen molar-refractivity contribution < 1.29 is 0 Å². The highest BCUT2D eigenvalue weighted by molar-refractivity contribution is 6.28. The molecule has 0 bridgehead atoms. The van der Waals surface area contributed by atoms with Crippen LogP contribution in [0.5, 0.6) is 0 Å². The third kappa shape index (κ3) is 3.01. The number of rotatable bonds is 3. The zero-order valence-corrected chi connectivity index (χ0v) is 13.5. The minimum Gasteiger partial charge on any atom is -0.356 e. The van der Waals surface area contributed by atoms with Crippen LogP contribution >= 0.6 is 11.6 Å². The lowest BCUT2D eigenvalue weighted by molar-refractivity contribution is 0.402. The van der Waals surface area contributed by atoms with E-state index in [0.717, 1.165) is 49.8 Å². The summed E-state index contributed by atoms with van der Waals surface area (Å²) in [6.07, 6.45) is 5.02. The van der Waals surface area contributed by atoms with Crippen LogP contribution in [-0.2, 0) is 6.42 Å². The summed E-state index contributed by atoms with van der Waals surface area (Å²) in [7, 11) is 0. The molecule has 0 spiro atoms. The first-order valence-corrected chi connectivity index (χ1v) is 8.32. The molecule has 1 N–H and O–H groups in total. The smallest absolute Gasteiger partial charge is 0.203 e. The zero-order valence-electron chi connectivity index (χ0n) is 12.7. The number of anilines is 1. The maximum absolute atomic E-state index is 6.07. The van der Waals surface area contributed by atoms with E-state index in [1.165, 1.54) is 11.9 Å². The number of nitrogens with zero attached hydrogens (tertiary/aromatic N) is 4. The lowest BCUT2D eigenvalue weighted by atomic mass is 9.90. The minimum atomic E-state index is 0.361. The molecule has 0 saturated carbocycles. The lowest BCUT2D eigenvalue weighted by Gasteiger charge is -2.33. The van der Waals surface area contributed by atoms with E-state index >= 15 is 0 Å². The molecule has 23 heavy (non-hydrogen) atoms. The number of aromatic amines is 1. The Balaban J connectivity index is 1.46. The maximum Gasteiger partial charge on any atom is 0.203 e. The number of nitrogens with one attached hydrogen (secondary N) is 1. The van der Waals surface area contributed by atoms with Crippen LogP contribution < -0.4 is 4.90 Å². The second-order valence-electron chi connectivity index (χ2n) is 6.04. The first-order valence-electron chi connectivity index (χ1n) is 7.94. The van der Waals surface area contributed by atoms with E-state index in [1.54, 1.807) is 0 Å². The third-order valence-electron chi connectivity index (χ3n) is 4.53. The van der Waals surface area contributed by atoms with Crippen LogP contribution in [0.1, 0.15) is 18.4 Å². The standard InChI is InChI=1S/C17H18ClN5/c18-17-21-15-14(19-11-20-15)16(22-17)23-8-6-13(7-9-23)10-12-4-2-1-3-5-12/h1-5,11,13H,6-10H2,(H,19,20,21,22). The quantitative estimate of drug-likeness (QED) is 0.749. The molecule has 3 aliphatic rings. The summed E-state index contributed by atoms with van der Waals surface area (Å²) in [5.41, 5.74) is 2.23. The van der Waals surface area contributed by atoms with Crippen molar-refractivity contribution in [1.29, 1.82) is 0 Å². The van der Waals surface area contributed by atoms with Crippen LogP contribution in [0, 0.1) is 5.92 Å². The molecule has 3 aliphatic heterocycles. The molecule has 0 aromatic heterocycles. The van der Waals surface area contributed by atoms with Crippen molar-refractivity contribution in [2.45, 2.75) is 19.3 Å². The van der Waals surface area contributed by atoms with E-state index in [-0.39, 0.29) is 0 Å². The molecule has 3 heterocycles. The number of fused-ring (bicyclic) bond motifs is 1. The van der Waals surface area contributed by atoms with Gasteiger partial charge >= 0.3 is 0 Å². The molecule has 0 radical (unpaired) electrons. The Morgan fingerprint density at radius 3 is 2.70 bits per heavy atom. The predicted octanol–water partition coefficient (Wildman–Crippen LogP) is 3.42. The molecular weight excluding hydrogens is 310 g/mol. The molecule has 1 fully saturated rings. The summed E-state index contributed by atoms with van der Waals surface area (Å²) >= 11 is 6.07. The summed E-state index contributed by atoms with van der Waals surface area (Å²) in [6, 6.07) is 10.7. The molecule has 1 aromatic rings. The van der Waals surface area contributed by atoms with Crippen molar-refractivity contribution in [3.8, 4) is 11.5 Å².